The fourth-order valence-electron chi connectivity index (χ4n) is 2.53. The number of pyridine rings is 1. The minimum absolute atomic E-state index is 0. The van der Waals surface area contributed by atoms with Gasteiger partial charge >= 0.3 is 0 Å². The molecule has 0 amide bonds. The summed E-state index contributed by atoms with van der Waals surface area (Å²) in [7, 11) is 2.03. The van der Waals surface area contributed by atoms with Gasteiger partial charge in [0.2, 0.25) is 0 Å². The molecule has 0 bridgehead atoms. The van der Waals surface area contributed by atoms with E-state index in [2.05, 4.69) is 20.2 Å². The summed E-state index contributed by atoms with van der Waals surface area (Å²) in [5.41, 5.74) is 0.835. The van der Waals surface area contributed by atoms with Gasteiger partial charge in [0.15, 0.2) is 5.96 Å². The molecule has 1 aromatic rings. The Morgan fingerprint density at radius 2 is 2.26 bits per heavy atom. The lowest BCUT2D eigenvalue weighted by atomic mass is 10.1. The van der Waals surface area contributed by atoms with Crippen LogP contribution in [0.4, 0.5) is 0 Å². The average Bonchev–Trinajstić information content (AvgIpc) is 3.04. The SMILES string of the molecule is CCNC(=NCC(O)c1ccncc1)N(C)CC1CCOC1.I. The van der Waals surface area contributed by atoms with Gasteiger partial charge in [-0.15, -0.1) is 24.0 Å². The molecule has 7 heteroatoms. The normalized spacial score (nSPS) is 19.1. The van der Waals surface area contributed by atoms with Gasteiger partial charge in [-0.25, -0.2) is 0 Å². The number of rotatable bonds is 6. The van der Waals surface area contributed by atoms with E-state index in [4.69, 9.17) is 4.74 Å². The molecule has 1 aromatic heterocycles. The van der Waals surface area contributed by atoms with Crippen molar-refractivity contribution in [3.8, 4) is 0 Å². The molecule has 6 nitrogen and oxygen atoms in total. The minimum atomic E-state index is -0.611. The standard InChI is InChI=1S/C16H26N4O2.HI/c1-3-18-16(20(2)11-13-6-9-22-12-13)19-10-15(21)14-4-7-17-8-5-14;/h4-5,7-8,13,15,21H,3,6,9-12H2,1-2H3,(H,18,19);1H. The van der Waals surface area contributed by atoms with Crippen LogP contribution in [-0.2, 0) is 4.74 Å². The van der Waals surface area contributed by atoms with Crippen molar-refractivity contribution >= 4 is 29.9 Å². The van der Waals surface area contributed by atoms with Gasteiger partial charge in [0, 0.05) is 45.1 Å². The Morgan fingerprint density at radius 1 is 1.52 bits per heavy atom. The monoisotopic (exact) mass is 434 g/mol. The first-order chi connectivity index (χ1) is 10.7. The zero-order chi connectivity index (χ0) is 15.8. The highest BCUT2D eigenvalue weighted by atomic mass is 127. The first-order valence-corrected chi connectivity index (χ1v) is 7.86. The number of aliphatic imine (C=N–C) groups is 1. The highest BCUT2D eigenvalue weighted by molar-refractivity contribution is 14.0. The minimum Gasteiger partial charge on any atom is -0.386 e. The molecule has 1 aliphatic heterocycles. The van der Waals surface area contributed by atoms with E-state index in [0.717, 1.165) is 44.2 Å². The molecule has 2 unspecified atom stereocenters. The topological polar surface area (TPSA) is 70.0 Å². The van der Waals surface area contributed by atoms with Gasteiger partial charge in [0.05, 0.1) is 19.3 Å². The summed E-state index contributed by atoms with van der Waals surface area (Å²) in [4.78, 5) is 10.6. The Balaban J connectivity index is 0.00000264. The lowest BCUT2D eigenvalue weighted by Gasteiger charge is -2.24. The number of nitrogens with zero attached hydrogens (tertiary/aromatic N) is 3. The number of hydrogen-bond donors (Lipinski definition) is 2. The van der Waals surface area contributed by atoms with Crippen LogP contribution in [0.25, 0.3) is 0 Å². The third-order valence-corrected chi connectivity index (χ3v) is 3.76. The molecule has 0 spiro atoms. The predicted octanol–water partition coefficient (Wildman–Crippen LogP) is 1.67. The highest BCUT2D eigenvalue weighted by Crippen LogP contribution is 2.14. The van der Waals surface area contributed by atoms with Crippen molar-refractivity contribution in [1.29, 1.82) is 0 Å². The van der Waals surface area contributed by atoms with Crippen LogP contribution < -0.4 is 5.32 Å². The van der Waals surface area contributed by atoms with Crippen LogP contribution in [0.1, 0.15) is 25.0 Å². The molecule has 2 heterocycles. The Hall–Kier alpha value is -0.930. The van der Waals surface area contributed by atoms with Crippen LogP contribution in [0, 0.1) is 5.92 Å². The molecule has 0 aliphatic carbocycles. The summed E-state index contributed by atoms with van der Waals surface area (Å²) in [6, 6.07) is 3.62. The molecule has 130 valence electrons. The molecule has 2 rings (SSSR count). The van der Waals surface area contributed by atoms with Crippen LogP contribution in [0.3, 0.4) is 0 Å². The van der Waals surface area contributed by atoms with Gasteiger partial charge < -0.3 is 20.1 Å². The maximum atomic E-state index is 10.2. The van der Waals surface area contributed by atoms with Crippen LogP contribution in [-0.4, -0.2) is 60.8 Å². The van der Waals surface area contributed by atoms with E-state index in [9.17, 15) is 5.11 Å². The lowest BCUT2D eigenvalue weighted by molar-refractivity contribution is 0.180. The summed E-state index contributed by atoms with van der Waals surface area (Å²) in [6.07, 6.45) is 3.85. The van der Waals surface area contributed by atoms with E-state index in [1.807, 2.05) is 26.1 Å². The number of aliphatic hydroxyl groups is 1. The smallest absolute Gasteiger partial charge is 0.193 e. The van der Waals surface area contributed by atoms with E-state index in [-0.39, 0.29) is 24.0 Å². The quantitative estimate of drug-likeness (QED) is 0.405. The Morgan fingerprint density at radius 3 is 2.87 bits per heavy atom. The maximum Gasteiger partial charge on any atom is 0.193 e. The van der Waals surface area contributed by atoms with Crippen molar-refractivity contribution in [2.75, 3.05) is 39.9 Å². The van der Waals surface area contributed by atoms with Crippen LogP contribution in [0.2, 0.25) is 0 Å². The van der Waals surface area contributed by atoms with Crippen LogP contribution in [0.5, 0.6) is 0 Å². The van der Waals surface area contributed by atoms with E-state index in [0.29, 0.717) is 12.5 Å². The van der Waals surface area contributed by atoms with Gasteiger partial charge in [-0.1, -0.05) is 0 Å². The first kappa shape index (κ1) is 20.1. The largest absolute Gasteiger partial charge is 0.386 e. The molecule has 0 radical (unpaired) electrons. The summed E-state index contributed by atoms with van der Waals surface area (Å²) in [5.74, 6) is 1.38. The second-order valence-electron chi connectivity index (χ2n) is 5.60. The second kappa shape index (κ2) is 10.8. The first-order valence-electron chi connectivity index (χ1n) is 7.86. The van der Waals surface area contributed by atoms with Gasteiger partial charge in [-0.3, -0.25) is 9.98 Å². The highest BCUT2D eigenvalue weighted by Gasteiger charge is 2.19. The molecule has 0 saturated carbocycles. The second-order valence-corrected chi connectivity index (χ2v) is 5.60. The number of aliphatic hydroxyl groups excluding tert-OH is 1. The molecule has 0 aromatic carbocycles. The molecule has 23 heavy (non-hydrogen) atoms. The molecular formula is C16H27IN4O2. The van der Waals surface area contributed by atoms with Crippen molar-refractivity contribution in [1.82, 2.24) is 15.2 Å². The fraction of sp³-hybridized carbons (Fsp3) is 0.625. The zero-order valence-electron chi connectivity index (χ0n) is 13.8. The average molecular weight is 434 g/mol. The number of guanidine groups is 1. The van der Waals surface area contributed by atoms with Gasteiger partial charge in [0.25, 0.3) is 0 Å². The van der Waals surface area contributed by atoms with Crippen LogP contribution >= 0.6 is 24.0 Å². The van der Waals surface area contributed by atoms with Crippen molar-refractivity contribution in [3.05, 3.63) is 30.1 Å². The van der Waals surface area contributed by atoms with E-state index < -0.39 is 6.10 Å². The molecule has 2 N–H and O–H groups in total. The number of hydrogen-bond acceptors (Lipinski definition) is 4. The van der Waals surface area contributed by atoms with Crippen molar-refractivity contribution in [2.45, 2.75) is 19.4 Å². The molecule has 1 saturated heterocycles. The molecular weight excluding hydrogens is 407 g/mol. The molecule has 2 atom stereocenters. The Bertz CT molecular complexity index is 466. The van der Waals surface area contributed by atoms with Gasteiger partial charge in [0.1, 0.15) is 0 Å². The molecule has 1 fully saturated rings. The third kappa shape index (κ3) is 6.60. The third-order valence-electron chi connectivity index (χ3n) is 3.76. The fourth-order valence-corrected chi connectivity index (χ4v) is 2.53. The number of aromatic nitrogens is 1. The number of ether oxygens (including phenoxy) is 1. The van der Waals surface area contributed by atoms with E-state index in [1.54, 1.807) is 12.4 Å². The summed E-state index contributed by atoms with van der Waals surface area (Å²) >= 11 is 0. The van der Waals surface area contributed by atoms with Crippen LogP contribution in [0.15, 0.2) is 29.5 Å². The van der Waals surface area contributed by atoms with E-state index >= 15 is 0 Å². The van der Waals surface area contributed by atoms with Gasteiger partial charge in [-0.2, -0.15) is 0 Å². The predicted molar refractivity (Wildman–Crippen MR) is 102 cm³/mol. The van der Waals surface area contributed by atoms with E-state index in [1.165, 1.54) is 0 Å². The lowest BCUT2D eigenvalue weighted by Crippen LogP contribution is -2.41. The zero-order valence-corrected chi connectivity index (χ0v) is 16.1. The Labute approximate surface area is 155 Å². The Kier molecular flexibility index (Phi) is 9.42. The van der Waals surface area contributed by atoms with Crippen molar-refractivity contribution < 1.29 is 9.84 Å². The number of halogens is 1. The molecule has 1 aliphatic rings. The summed E-state index contributed by atoms with van der Waals surface area (Å²) < 4.78 is 5.42. The summed E-state index contributed by atoms with van der Waals surface area (Å²) in [5, 5.41) is 13.5. The number of nitrogens with one attached hydrogen (secondary N) is 1. The summed E-state index contributed by atoms with van der Waals surface area (Å²) in [6.45, 7) is 5.77. The maximum absolute atomic E-state index is 10.2. The van der Waals surface area contributed by atoms with Gasteiger partial charge in [-0.05, 0) is 31.0 Å². The van der Waals surface area contributed by atoms with Crippen molar-refractivity contribution in [2.24, 2.45) is 10.9 Å². The van der Waals surface area contributed by atoms with Crippen molar-refractivity contribution in [3.63, 3.8) is 0 Å².